The predicted molar refractivity (Wildman–Crippen MR) is 71.7 cm³/mol. The van der Waals surface area contributed by atoms with E-state index in [9.17, 15) is 10.1 Å². The van der Waals surface area contributed by atoms with E-state index in [-0.39, 0.29) is 5.69 Å². The average molecular weight is 259 g/mol. The number of nitrogen functional groups attached to an aromatic ring is 1. The topological polar surface area (TPSA) is 107 Å². The molecule has 3 N–H and O–H groups in total. The van der Waals surface area contributed by atoms with Gasteiger partial charge in [0.05, 0.1) is 17.3 Å². The highest BCUT2D eigenvalue weighted by atomic mass is 16.6. The molecular weight excluding hydrogens is 246 g/mol. The van der Waals surface area contributed by atoms with Gasteiger partial charge in [-0.15, -0.1) is 0 Å². The standard InChI is InChI=1S/C12H13N5O2/c13-11-7-14-8-12(16-11)15-6-5-9-1-3-10(4-2-9)17(18)19/h1-4,7-8H,5-6H2,(H3,13,15,16). The fourth-order valence-corrected chi connectivity index (χ4v) is 1.59. The second kappa shape index (κ2) is 5.76. The van der Waals surface area contributed by atoms with Crippen LogP contribution in [0.4, 0.5) is 17.3 Å². The molecule has 0 bridgehead atoms. The minimum atomic E-state index is -0.412. The first-order valence-corrected chi connectivity index (χ1v) is 5.70. The maximum absolute atomic E-state index is 10.5. The van der Waals surface area contributed by atoms with E-state index >= 15 is 0 Å². The number of hydrogen-bond donors (Lipinski definition) is 2. The van der Waals surface area contributed by atoms with Crippen molar-refractivity contribution in [1.82, 2.24) is 9.97 Å². The molecule has 0 fully saturated rings. The molecule has 7 heteroatoms. The van der Waals surface area contributed by atoms with Gasteiger partial charge in [0.15, 0.2) is 0 Å². The van der Waals surface area contributed by atoms with Crippen molar-refractivity contribution in [3.8, 4) is 0 Å². The van der Waals surface area contributed by atoms with Crippen LogP contribution >= 0.6 is 0 Å². The van der Waals surface area contributed by atoms with E-state index < -0.39 is 4.92 Å². The number of nitrogens with one attached hydrogen (secondary N) is 1. The summed E-state index contributed by atoms with van der Waals surface area (Å²) in [6.07, 6.45) is 3.79. The zero-order chi connectivity index (χ0) is 13.7. The van der Waals surface area contributed by atoms with Gasteiger partial charge in [0.2, 0.25) is 0 Å². The van der Waals surface area contributed by atoms with Gasteiger partial charge in [-0.05, 0) is 12.0 Å². The number of nitro groups is 1. The Morgan fingerprint density at radius 2 is 2.00 bits per heavy atom. The van der Waals surface area contributed by atoms with E-state index in [2.05, 4.69) is 15.3 Å². The van der Waals surface area contributed by atoms with Crippen LogP contribution in [-0.2, 0) is 6.42 Å². The molecule has 0 saturated carbocycles. The van der Waals surface area contributed by atoms with Crippen molar-refractivity contribution in [2.24, 2.45) is 0 Å². The molecule has 7 nitrogen and oxygen atoms in total. The van der Waals surface area contributed by atoms with Crippen molar-refractivity contribution in [2.75, 3.05) is 17.6 Å². The van der Waals surface area contributed by atoms with Gasteiger partial charge in [0.1, 0.15) is 11.6 Å². The second-order valence-corrected chi connectivity index (χ2v) is 3.93. The van der Waals surface area contributed by atoms with Gasteiger partial charge in [-0.3, -0.25) is 15.1 Å². The molecule has 0 aliphatic rings. The van der Waals surface area contributed by atoms with Crippen LogP contribution in [0.5, 0.6) is 0 Å². The molecule has 19 heavy (non-hydrogen) atoms. The third kappa shape index (κ3) is 3.63. The lowest BCUT2D eigenvalue weighted by molar-refractivity contribution is -0.384. The molecule has 0 aliphatic heterocycles. The largest absolute Gasteiger partial charge is 0.382 e. The Morgan fingerprint density at radius 1 is 1.26 bits per heavy atom. The Kier molecular flexibility index (Phi) is 3.87. The number of nitro benzene ring substituents is 1. The first-order chi connectivity index (χ1) is 9.15. The fraction of sp³-hybridized carbons (Fsp3) is 0.167. The Bertz CT molecular complexity index is 571. The highest BCUT2D eigenvalue weighted by molar-refractivity contribution is 5.39. The Morgan fingerprint density at radius 3 is 2.63 bits per heavy atom. The van der Waals surface area contributed by atoms with Crippen LogP contribution in [0.15, 0.2) is 36.7 Å². The van der Waals surface area contributed by atoms with Gasteiger partial charge >= 0.3 is 0 Å². The van der Waals surface area contributed by atoms with Crippen LogP contribution in [0.3, 0.4) is 0 Å². The minimum absolute atomic E-state index is 0.0957. The molecule has 0 saturated heterocycles. The summed E-state index contributed by atoms with van der Waals surface area (Å²) in [5.74, 6) is 0.974. The van der Waals surface area contributed by atoms with Gasteiger partial charge in [-0.2, -0.15) is 0 Å². The van der Waals surface area contributed by atoms with Crippen molar-refractivity contribution in [3.05, 3.63) is 52.3 Å². The highest BCUT2D eigenvalue weighted by Gasteiger charge is 2.03. The van der Waals surface area contributed by atoms with Gasteiger partial charge in [-0.1, -0.05) is 12.1 Å². The van der Waals surface area contributed by atoms with Gasteiger partial charge in [0, 0.05) is 18.7 Å². The number of aromatic nitrogens is 2. The molecule has 2 aromatic rings. The Labute approximate surface area is 109 Å². The lowest BCUT2D eigenvalue weighted by Crippen LogP contribution is -2.07. The predicted octanol–water partition coefficient (Wildman–Crippen LogP) is 1.62. The number of benzene rings is 1. The third-order valence-electron chi connectivity index (χ3n) is 2.52. The Balaban J connectivity index is 1.87. The number of rotatable bonds is 5. The quantitative estimate of drug-likeness (QED) is 0.624. The fourth-order valence-electron chi connectivity index (χ4n) is 1.59. The monoisotopic (exact) mass is 259 g/mol. The normalized spacial score (nSPS) is 10.1. The molecule has 0 unspecified atom stereocenters. The van der Waals surface area contributed by atoms with Crippen molar-refractivity contribution in [3.63, 3.8) is 0 Å². The molecule has 0 aliphatic carbocycles. The van der Waals surface area contributed by atoms with Gasteiger partial charge in [-0.25, -0.2) is 4.98 Å². The second-order valence-electron chi connectivity index (χ2n) is 3.93. The summed E-state index contributed by atoms with van der Waals surface area (Å²) in [5.41, 5.74) is 6.61. The average Bonchev–Trinajstić information content (AvgIpc) is 2.39. The zero-order valence-electron chi connectivity index (χ0n) is 10.1. The first-order valence-electron chi connectivity index (χ1n) is 5.70. The Hall–Kier alpha value is -2.70. The first kappa shape index (κ1) is 12.7. The summed E-state index contributed by atoms with van der Waals surface area (Å²) in [6, 6.07) is 6.47. The molecule has 0 radical (unpaired) electrons. The number of hydrogen-bond acceptors (Lipinski definition) is 6. The number of nitrogens with zero attached hydrogens (tertiary/aromatic N) is 3. The molecule has 0 atom stereocenters. The van der Waals surface area contributed by atoms with E-state index in [4.69, 9.17) is 5.73 Å². The minimum Gasteiger partial charge on any atom is -0.382 e. The third-order valence-corrected chi connectivity index (χ3v) is 2.52. The van der Waals surface area contributed by atoms with Crippen LogP contribution in [0.1, 0.15) is 5.56 Å². The van der Waals surface area contributed by atoms with Crippen LogP contribution < -0.4 is 11.1 Å². The van der Waals surface area contributed by atoms with Crippen LogP contribution in [0.2, 0.25) is 0 Å². The molecule has 0 amide bonds. The molecule has 0 spiro atoms. The lowest BCUT2D eigenvalue weighted by Gasteiger charge is -2.05. The van der Waals surface area contributed by atoms with Crippen molar-refractivity contribution in [1.29, 1.82) is 0 Å². The van der Waals surface area contributed by atoms with Crippen LogP contribution in [0.25, 0.3) is 0 Å². The number of anilines is 2. The van der Waals surface area contributed by atoms with E-state index in [1.165, 1.54) is 18.3 Å². The van der Waals surface area contributed by atoms with E-state index in [1.807, 2.05) is 0 Å². The molecule has 1 aromatic heterocycles. The number of nitrogens with two attached hydrogens (primary N) is 1. The van der Waals surface area contributed by atoms with Crippen LogP contribution in [0, 0.1) is 10.1 Å². The summed E-state index contributed by atoms with van der Waals surface area (Å²) >= 11 is 0. The summed E-state index contributed by atoms with van der Waals surface area (Å²) in [4.78, 5) is 18.1. The number of non-ortho nitro benzene ring substituents is 1. The molecule has 98 valence electrons. The summed E-state index contributed by atoms with van der Waals surface area (Å²) in [6.45, 7) is 0.649. The molecule has 1 heterocycles. The highest BCUT2D eigenvalue weighted by Crippen LogP contribution is 2.12. The maximum Gasteiger partial charge on any atom is 0.269 e. The molecule has 2 rings (SSSR count). The maximum atomic E-state index is 10.5. The van der Waals surface area contributed by atoms with E-state index in [1.54, 1.807) is 18.3 Å². The van der Waals surface area contributed by atoms with Crippen molar-refractivity contribution >= 4 is 17.3 Å². The van der Waals surface area contributed by atoms with Crippen molar-refractivity contribution < 1.29 is 4.92 Å². The van der Waals surface area contributed by atoms with E-state index in [0.717, 1.165) is 12.0 Å². The lowest BCUT2D eigenvalue weighted by atomic mass is 10.1. The van der Waals surface area contributed by atoms with Crippen molar-refractivity contribution in [2.45, 2.75) is 6.42 Å². The van der Waals surface area contributed by atoms with Gasteiger partial charge < -0.3 is 11.1 Å². The molecular formula is C12H13N5O2. The van der Waals surface area contributed by atoms with Gasteiger partial charge in [0.25, 0.3) is 5.69 Å². The SMILES string of the molecule is Nc1cncc(NCCc2ccc([N+](=O)[O-])cc2)n1. The molecule has 1 aromatic carbocycles. The summed E-state index contributed by atoms with van der Waals surface area (Å²) in [7, 11) is 0. The smallest absolute Gasteiger partial charge is 0.269 e. The van der Waals surface area contributed by atoms with E-state index in [0.29, 0.717) is 18.2 Å². The summed E-state index contributed by atoms with van der Waals surface area (Å²) in [5, 5.41) is 13.6. The van der Waals surface area contributed by atoms with Crippen LogP contribution in [-0.4, -0.2) is 21.4 Å². The zero-order valence-corrected chi connectivity index (χ0v) is 10.1. The summed E-state index contributed by atoms with van der Waals surface area (Å²) < 4.78 is 0.